The lowest BCUT2D eigenvalue weighted by atomic mass is 10.2. The van der Waals surface area contributed by atoms with Crippen LogP contribution in [0.15, 0.2) is 23.4 Å². The number of pyridine rings is 1. The summed E-state index contributed by atoms with van der Waals surface area (Å²) in [7, 11) is 0. The van der Waals surface area contributed by atoms with Gasteiger partial charge in [-0.05, 0) is 18.4 Å². The van der Waals surface area contributed by atoms with Gasteiger partial charge >= 0.3 is 6.61 Å². The van der Waals surface area contributed by atoms with E-state index in [1.54, 1.807) is 12.3 Å². The Kier molecular flexibility index (Phi) is 4.24. The number of rotatable bonds is 5. The maximum atomic E-state index is 13.3. The van der Waals surface area contributed by atoms with E-state index in [4.69, 9.17) is 5.73 Å². The van der Waals surface area contributed by atoms with Gasteiger partial charge in [0.25, 0.3) is 5.92 Å². The fourth-order valence-corrected chi connectivity index (χ4v) is 2.54. The molecule has 1 unspecified atom stereocenters. The number of halogens is 4. The van der Waals surface area contributed by atoms with E-state index in [2.05, 4.69) is 19.7 Å². The highest BCUT2D eigenvalue weighted by Crippen LogP contribution is 2.55. The molecule has 2 heterocycles. The number of hydrogen-bond donors (Lipinski definition) is 1. The van der Waals surface area contributed by atoms with Gasteiger partial charge in [-0.1, -0.05) is 0 Å². The first-order valence-electron chi connectivity index (χ1n) is 6.81. The zero-order valence-electron chi connectivity index (χ0n) is 12.3. The highest BCUT2D eigenvalue weighted by molar-refractivity contribution is 7.98. The molecular formula is C14H12F4N4OS. The Balaban J connectivity index is 2.01. The van der Waals surface area contributed by atoms with Crippen LogP contribution in [-0.4, -0.2) is 33.7 Å². The second-order valence-corrected chi connectivity index (χ2v) is 5.98. The van der Waals surface area contributed by atoms with E-state index >= 15 is 0 Å². The summed E-state index contributed by atoms with van der Waals surface area (Å²) in [5.74, 6) is -4.31. The van der Waals surface area contributed by atoms with E-state index in [0.717, 1.165) is 0 Å². The third-order valence-electron chi connectivity index (χ3n) is 3.46. The van der Waals surface area contributed by atoms with Gasteiger partial charge in [-0.3, -0.25) is 0 Å². The summed E-state index contributed by atoms with van der Waals surface area (Å²) in [5, 5.41) is 0.492. The maximum Gasteiger partial charge on any atom is 0.387 e. The second kappa shape index (κ2) is 6.08. The highest BCUT2D eigenvalue weighted by atomic mass is 32.2. The van der Waals surface area contributed by atoms with E-state index in [0.29, 0.717) is 16.3 Å². The van der Waals surface area contributed by atoms with Gasteiger partial charge in [-0.15, -0.1) is 11.8 Å². The van der Waals surface area contributed by atoms with Crippen LogP contribution in [0.1, 0.15) is 18.2 Å². The zero-order chi connectivity index (χ0) is 17.5. The Morgan fingerprint density at radius 3 is 2.62 bits per heavy atom. The predicted octanol–water partition coefficient (Wildman–Crippen LogP) is 3.57. The number of aromatic nitrogens is 3. The molecule has 5 nitrogen and oxygen atoms in total. The molecule has 0 aliphatic heterocycles. The molecule has 128 valence electrons. The molecule has 0 amide bonds. The summed E-state index contributed by atoms with van der Waals surface area (Å²) in [5.41, 5.74) is 6.10. The summed E-state index contributed by atoms with van der Waals surface area (Å²) < 4.78 is 55.7. The van der Waals surface area contributed by atoms with E-state index in [9.17, 15) is 17.6 Å². The largest absolute Gasteiger partial charge is 0.431 e. The predicted molar refractivity (Wildman–Crippen MR) is 80.4 cm³/mol. The topological polar surface area (TPSA) is 73.9 Å². The summed E-state index contributed by atoms with van der Waals surface area (Å²) >= 11 is 1.26. The summed E-state index contributed by atoms with van der Waals surface area (Å²) in [6.45, 7) is -3.06. The molecule has 1 atom stereocenters. The number of hydrogen-bond acceptors (Lipinski definition) is 6. The van der Waals surface area contributed by atoms with Gasteiger partial charge in [0.1, 0.15) is 10.9 Å². The van der Waals surface area contributed by atoms with Gasteiger partial charge in [0, 0.05) is 18.2 Å². The molecule has 0 bridgehead atoms. The fourth-order valence-electron chi connectivity index (χ4n) is 2.13. The first kappa shape index (κ1) is 16.7. The smallest absolute Gasteiger partial charge is 0.387 e. The molecule has 10 heteroatoms. The van der Waals surface area contributed by atoms with Crippen LogP contribution in [0.4, 0.5) is 23.4 Å². The minimum Gasteiger partial charge on any atom is -0.431 e. The van der Waals surface area contributed by atoms with Crippen molar-refractivity contribution in [1.82, 2.24) is 15.0 Å². The van der Waals surface area contributed by atoms with Crippen molar-refractivity contribution in [1.29, 1.82) is 0 Å². The number of nitrogen functional groups attached to an aromatic ring is 1. The number of ether oxygens (including phenoxy) is 1. The van der Waals surface area contributed by atoms with Crippen molar-refractivity contribution in [2.45, 2.75) is 29.9 Å². The normalized spacial score (nSPS) is 18.7. The van der Waals surface area contributed by atoms with Crippen molar-refractivity contribution in [3.05, 3.63) is 24.2 Å². The molecule has 3 rings (SSSR count). The van der Waals surface area contributed by atoms with Gasteiger partial charge in [0.05, 0.1) is 11.6 Å². The molecule has 0 saturated heterocycles. The standard InChI is InChI=1S/C14H12F4N4OS/c1-24-10-3-8(21-12(22-10)7-4-14(7,17)18)6-2-9(23-13(15)16)11(19)20-5-6/h2-3,5,7,13H,4H2,1H3,(H2,19,20). The van der Waals surface area contributed by atoms with Crippen LogP contribution in [0, 0.1) is 0 Å². The Bertz CT molecular complexity index is 774. The molecule has 2 aromatic heterocycles. The van der Waals surface area contributed by atoms with Crippen molar-refractivity contribution in [3.8, 4) is 17.0 Å². The molecular weight excluding hydrogens is 348 g/mol. The SMILES string of the molecule is CSc1cc(-c2cnc(N)c(OC(F)F)c2)nc(C2CC2(F)F)n1. The van der Waals surface area contributed by atoms with Crippen LogP contribution >= 0.6 is 11.8 Å². The van der Waals surface area contributed by atoms with Crippen LogP contribution < -0.4 is 10.5 Å². The second-order valence-electron chi connectivity index (χ2n) is 5.16. The lowest BCUT2D eigenvalue weighted by Gasteiger charge is -2.10. The van der Waals surface area contributed by atoms with Crippen LogP contribution in [-0.2, 0) is 0 Å². The first-order chi connectivity index (χ1) is 11.3. The van der Waals surface area contributed by atoms with Crippen molar-refractivity contribution >= 4 is 17.6 Å². The monoisotopic (exact) mass is 360 g/mol. The van der Waals surface area contributed by atoms with Gasteiger partial charge in [0.15, 0.2) is 11.6 Å². The molecule has 0 radical (unpaired) electrons. The van der Waals surface area contributed by atoms with Crippen molar-refractivity contribution in [2.75, 3.05) is 12.0 Å². The molecule has 0 spiro atoms. The van der Waals surface area contributed by atoms with Gasteiger partial charge in [-0.2, -0.15) is 8.78 Å². The lowest BCUT2D eigenvalue weighted by Crippen LogP contribution is -2.06. The van der Waals surface area contributed by atoms with Crippen LogP contribution in [0.5, 0.6) is 5.75 Å². The molecule has 24 heavy (non-hydrogen) atoms. The number of thioether (sulfide) groups is 1. The molecule has 1 aliphatic carbocycles. The molecule has 1 saturated carbocycles. The third kappa shape index (κ3) is 3.37. The number of alkyl halides is 4. The van der Waals surface area contributed by atoms with E-state index in [1.807, 2.05) is 0 Å². The summed E-state index contributed by atoms with van der Waals surface area (Å²) in [6, 6.07) is 2.81. The minimum absolute atomic E-state index is 0.0232. The Labute approximate surface area is 138 Å². The van der Waals surface area contributed by atoms with Gasteiger partial charge in [-0.25, -0.2) is 23.7 Å². The van der Waals surface area contributed by atoms with E-state index in [1.165, 1.54) is 24.0 Å². The van der Waals surface area contributed by atoms with Crippen molar-refractivity contribution in [2.24, 2.45) is 0 Å². The van der Waals surface area contributed by atoms with Gasteiger partial charge < -0.3 is 10.5 Å². The van der Waals surface area contributed by atoms with Crippen LogP contribution in [0.3, 0.4) is 0 Å². The summed E-state index contributed by atoms with van der Waals surface area (Å²) in [4.78, 5) is 12.0. The fraction of sp³-hybridized carbons (Fsp3) is 0.357. The Morgan fingerprint density at radius 2 is 2.04 bits per heavy atom. The molecule has 1 aliphatic rings. The first-order valence-corrected chi connectivity index (χ1v) is 8.04. The number of anilines is 1. The molecule has 1 fully saturated rings. The Morgan fingerprint density at radius 1 is 1.33 bits per heavy atom. The van der Waals surface area contributed by atoms with Crippen molar-refractivity contribution < 1.29 is 22.3 Å². The highest BCUT2D eigenvalue weighted by Gasteiger charge is 2.59. The lowest BCUT2D eigenvalue weighted by molar-refractivity contribution is -0.0494. The molecule has 2 N–H and O–H groups in total. The van der Waals surface area contributed by atoms with Crippen LogP contribution in [0.2, 0.25) is 0 Å². The molecule has 0 aromatic carbocycles. The van der Waals surface area contributed by atoms with E-state index in [-0.39, 0.29) is 23.8 Å². The Hall–Kier alpha value is -2.10. The number of nitrogens with two attached hydrogens (primary N) is 1. The van der Waals surface area contributed by atoms with Crippen LogP contribution in [0.25, 0.3) is 11.3 Å². The quantitative estimate of drug-likeness (QED) is 0.499. The van der Waals surface area contributed by atoms with E-state index < -0.39 is 18.5 Å². The minimum atomic E-state index is -3.06. The zero-order valence-corrected chi connectivity index (χ0v) is 13.2. The third-order valence-corrected chi connectivity index (χ3v) is 4.09. The van der Waals surface area contributed by atoms with Crippen molar-refractivity contribution in [3.63, 3.8) is 0 Å². The number of nitrogens with zero attached hydrogens (tertiary/aromatic N) is 3. The maximum absolute atomic E-state index is 13.3. The average molecular weight is 360 g/mol. The summed E-state index contributed by atoms with van der Waals surface area (Å²) in [6.07, 6.45) is 2.76. The molecule has 2 aromatic rings. The van der Waals surface area contributed by atoms with Gasteiger partial charge in [0.2, 0.25) is 0 Å². The average Bonchev–Trinajstić information content (AvgIpc) is 3.17.